The standard InChI is InChI=1S/C11H10ClNS2/c1-7-4-9(12)3-2-8(7)5-10-6-13-11(14)15-10/h2-4,6H,5H2,1H3,(H,13,14). The first-order valence-corrected chi connectivity index (χ1v) is 6.18. The summed E-state index contributed by atoms with van der Waals surface area (Å²) in [5.41, 5.74) is 2.52. The number of thiazole rings is 1. The molecule has 0 amide bonds. The van der Waals surface area contributed by atoms with E-state index in [4.69, 9.17) is 23.8 Å². The minimum atomic E-state index is 0.790. The van der Waals surface area contributed by atoms with Gasteiger partial charge in [-0.3, -0.25) is 0 Å². The Morgan fingerprint density at radius 2 is 2.27 bits per heavy atom. The van der Waals surface area contributed by atoms with Crippen molar-refractivity contribution in [2.24, 2.45) is 0 Å². The van der Waals surface area contributed by atoms with E-state index in [0.29, 0.717) is 0 Å². The summed E-state index contributed by atoms with van der Waals surface area (Å²) in [7, 11) is 0. The van der Waals surface area contributed by atoms with Crippen LogP contribution in [0.25, 0.3) is 0 Å². The molecule has 0 spiro atoms. The maximum Gasteiger partial charge on any atom is 0.158 e. The van der Waals surface area contributed by atoms with Gasteiger partial charge in [-0.15, -0.1) is 11.3 Å². The zero-order chi connectivity index (χ0) is 10.8. The molecule has 0 saturated carbocycles. The van der Waals surface area contributed by atoms with Crippen molar-refractivity contribution in [3.8, 4) is 0 Å². The van der Waals surface area contributed by atoms with Crippen LogP contribution in [0.3, 0.4) is 0 Å². The van der Waals surface area contributed by atoms with E-state index < -0.39 is 0 Å². The summed E-state index contributed by atoms with van der Waals surface area (Å²) in [6.45, 7) is 2.08. The Labute approximate surface area is 103 Å². The molecule has 15 heavy (non-hydrogen) atoms. The van der Waals surface area contributed by atoms with Crippen molar-refractivity contribution in [3.05, 3.63) is 49.4 Å². The zero-order valence-corrected chi connectivity index (χ0v) is 10.6. The number of aromatic amines is 1. The Hall–Kier alpha value is -0.640. The molecule has 0 bridgehead atoms. The molecular weight excluding hydrogens is 246 g/mol. The molecule has 1 N–H and O–H groups in total. The number of aryl methyl sites for hydroxylation is 1. The molecule has 2 aromatic rings. The Kier molecular flexibility index (Phi) is 3.24. The highest BCUT2D eigenvalue weighted by molar-refractivity contribution is 7.73. The van der Waals surface area contributed by atoms with E-state index in [2.05, 4.69) is 18.0 Å². The summed E-state index contributed by atoms with van der Waals surface area (Å²) >= 11 is 12.6. The smallest absolute Gasteiger partial charge is 0.158 e. The van der Waals surface area contributed by atoms with Crippen molar-refractivity contribution in [2.45, 2.75) is 13.3 Å². The number of aromatic nitrogens is 1. The summed E-state index contributed by atoms with van der Waals surface area (Å²) in [6.07, 6.45) is 2.89. The highest BCUT2D eigenvalue weighted by Gasteiger charge is 2.02. The lowest BCUT2D eigenvalue weighted by molar-refractivity contribution is 1.18. The van der Waals surface area contributed by atoms with Crippen LogP contribution in [0.5, 0.6) is 0 Å². The highest BCUT2D eigenvalue weighted by Crippen LogP contribution is 2.20. The maximum absolute atomic E-state index is 5.90. The highest BCUT2D eigenvalue weighted by atomic mass is 35.5. The van der Waals surface area contributed by atoms with Crippen LogP contribution in [-0.4, -0.2) is 4.98 Å². The Morgan fingerprint density at radius 3 is 2.87 bits per heavy atom. The van der Waals surface area contributed by atoms with Crippen LogP contribution < -0.4 is 0 Å². The molecule has 1 aromatic carbocycles. The fourth-order valence-corrected chi connectivity index (χ4v) is 2.76. The van der Waals surface area contributed by atoms with Gasteiger partial charge in [0.25, 0.3) is 0 Å². The second kappa shape index (κ2) is 4.47. The number of nitrogens with one attached hydrogen (secondary N) is 1. The molecule has 0 aliphatic carbocycles. The number of hydrogen-bond acceptors (Lipinski definition) is 2. The maximum atomic E-state index is 5.90. The summed E-state index contributed by atoms with van der Waals surface area (Å²) in [4.78, 5) is 4.28. The van der Waals surface area contributed by atoms with Crippen molar-refractivity contribution >= 4 is 35.2 Å². The van der Waals surface area contributed by atoms with Gasteiger partial charge in [0.1, 0.15) is 0 Å². The predicted molar refractivity (Wildman–Crippen MR) is 68.5 cm³/mol. The topological polar surface area (TPSA) is 15.8 Å². The molecule has 0 saturated heterocycles. The number of rotatable bonds is 2. The second-order valence-electron chi connectivity index (χ2n) is 3.39. The van der Waals surface area contributed by atoms with Crippen LogP contribution in [0, 0.1) is 10.9 Å². The Morgan fingerprint density at radius 1 is 1.47 bits per heavy atom. The van der Waals surface area contributed by atoms with Gasteiger partial charge in [0, 0.05) is 22.5 Å². The van der Waals surface area contributed by atoms with Crippen LogP contribution in [0.2, 0.25) is 5.02 Å². The molecule has 0 radical (unpaired) electrons. The minimum Gasteiger partial charge on any atom is -0.343 e. The van der Waals surface area contributed by atoms with E-state index in [9.17, 15) is 0 Å². The van der Waals surface area contributed by atoms with Gasteiger partial charge in [-0.2, -0.15) is 0 Å². The van der Waals surface area contributed by atoms with Crippen molar-refractivity contribution in [1.29, 1.82) is 0 Å². The number of halogens is 1. The van der Waals surface area contributed by atoms with Gasteiger partial charge in [-0.25, -0.2) is 0 Å². The zero-order valence-electron chi connectivity index (χ0n) is 8.21. The lowest BCUT2D eigenvalue weighted by Crippen LogP contribution is -1.88. The molecule has 4 heteroatoms. The number of benzene rings is 1. The first-order chi connectivity index (χ1) is 7.15. The van der Waals surface area contributed by atoms with Crippen molar-refractivity contribution in [1.82, 2.24) is 4.98 Å². The molecule has 0 fully saturated rings. The van der Waals surface area contributed by atoms with Crippen LogP contribution in [0.15, 0.2) is 24.4 Å². The lowest BCUT2D eigenvalue weighted by atomic mass is 10.1. The number of hydrogen-bond donors (Lipinski definition) is 1. The van der Waals surface area contributed by atoms with Gasteiger partial charge in [0.05, 0.1) is 0 Å². The van der Waals surface area contributed by atoms with E-state index in [1.165, 1.54) is 16.0 Å². The second-order valence-corrected chi connectivity index (χ2v) is 5.63. The average Bonchev–Trinajstić information content (AvgIpc) is 2.56. The Bertz CT molecular complexity index is 527. The van der Waals surface area contributed by atoms with Gasteiger partial charge >= 0.3 is 0 Å². The normalized spacial score (nSPS) is 10.5. The summed E-state index contributed by atoms with van der Waals surface area (Å²) in [5, 5.41) is 0.790. The fraction of sp³-hybridized carbons (Fsp3) is 0.182. The molecule has 78 valence electrons. The van der Waals surface area contributed by atoms with E-state index in [1.807, 2.05) is 18.3 Å². The average molecular weight is 256 g/mol. The summed E-state index contributed by atoms with van der Waals surface area (Å²) in [5.74, 6) is 0. The van der Waals surface area contributed by atoms with Gasteiger partial charge < -0.3 is 4.98 Å². The summed E-state index contributed by atoms with van der Waals surface area (Å²) < 4.78 is 0.830. The van der Waals surface area contributed by atoms with Crippen molar-refractivity contribution in [2.75, 3.05) is 0 Å². The molecular formula is C11H10ClNS2. The van der Waals surface area contributed by atoms with E-state index in [-0.39, 0.29) is 0 Å². The third kappa shape index (κ3) is 2.68. The van der Waals surface area contributed by atoms with Crippen LogP contribution >= 0.6 is 35.2 Å². The lowest BCUT2D eigenvalue weighted by Gasteiger charge is -2.03. The van der Waals surface area contributed by atoms with E-state index in [0.717, 1.165) is 15.4 Å². The molecule has 2 rings (SSSR count). The van der Waals surface area contributed by atoms with Crippen LogP contribution in [-0.2, 0) is 6.42 Å². The first kappa shape index (κ1) is 10.9. The summed E-state index contributed by atoms with van der Waals surface area (Å²) in [6, 6.07) is 5.99. The fourth-order valence-electron chi connectivity index (χ4n) is 1.45. The van der Waals surface area contributed by atoms with Gasteiger partial charge in [-0.05, 0) is 42.4 Å². The monoisotopic (exact) mass is 255 g/mol. The minimum absolute atomic E-state index is 0.790. The van der Waals surface area contributed by atoms with Crippen LogP contribution in [0.4, 0.5) is 0 Å². The van der Waals surface area contributed by atoms with Gasteiger partial charge in [0.2, 0.25) is 0 Å². The van der Waals surface area contributed by atoms with Gasteiger partial charge in [0.15, 0.2) is 3.95 Å². The van der Waals surface area contributed by atoms with Gasteiger partial charge in [-0.1, -0.05) is 17.7 Å². The molecule has 1 aromatic heterocycles. The van der Waals surface area contributed by atoms with Crippen LogP contribution in [0.1, 0.15) is 16.0 Å². The quantitative estimate of drug-likeness (QED) is 0.789. The predicted octanol–water partition coefficient (Wildman–Crippen LogP) is 4.36. The number of H-pyrrole nitrogens is 1. The third-order valence-electron chi connectivity index (χ3n) is 2.24. The first-order valence-electron chi connectivity index (χ1n) is 4.57. The third-order valence-corrected chi connectivity index (χ3v) is 3.67. The SMILES string of the molecule is Cc1cc(Cl)ccc1Cc1c[nH]c(=S)s1. The largest absolute Gasteiger partial charge is 0.343 e. The molecule has 0 atom stereocenters. The molecule has 0 unspecified atom stereocenters. The molecule has 1 heterocycles. The van der Waals surface area contributed by atoms with Crippen molar-refractivity contribution < 1.29 is 0 Å². The molecule has 0 aliphatic rings. The molecule has 1 nitrogen and oxygen atoms in total. The molecule has 0 aliphatic heterocycles. The van der Waals surface area contributed by atoms with E-state index in [1.54, 1.807) is 11.3 Å². The van der Waals surface area contributed by atoms with Crippen molar-refractivity contribution in [3.63, 3.8) is 0 Å². The van der Waals surface area contributed by atoms with E-state index >= 15 is 0 Å². The Balaban J connectivity index is 2.28.